The van der Waals surface area contributed by atoms with Gasteiger partial charge >= 0.3 is 0 Å². The topological polar surface area (TPSA) is 61.4 Å². The van der Waals surface area contributed by atoms with E-state index in [1.165, 1.54) is 13.0 Å². The van der Waals surface area contributed by atoms with Crippen LogP contribution in [0.4, 0.5) is 4.39 Å². The van der Waals surface area contributed by atoms with Crippen molar-refractivity contribution in [3.05, 3.63) is 35.1 Å². The summed E-state index contributed by atoms with van der Waals surface area (Å²) in [6, 6.07) is 4.90. The Labute approximate surface area is 137 Å². The van der Waals surface area contributed by atoms with Crippen molar-refractivity contribution in [3.8, 4) is 0 Å². The Morgan fingerprint density at radius 3 is 2.96 bits per heavy atom. The number of benzene rings is 1. The maximum atomic E-state index is 14.4. The van der Waals surface area contributed by atoms with Crippen LogP contribution in [0.25, 0.3) is 0 Å². The minimum Gasteiger partial charge on any atom is -0.385 e. The summed E-state index contributed by atoms with van der Waals surface area (Å²) in [6.45, 7) is 5.49. The minimum absolute atomic E-state index is 0.0233. The number of aryl methyl sites for hydroxylation is 1. The Balaban J connectivity index is 2.22. The summed E-state index contributed by atoms with van der Waals surface area (Å²) < 4.78 is 14.4. The van der Waals surface area contributed by atoms with E-state index in [0.29, 0.717) is 31.5 Å². The summed E-state index contributed by atoms with van der Waals surface area (Å²) in [5.74, 6) is -0.470. The molecule has 1 aliphatic heterocycles. The second kappa shape index (κ2) is 7.88. The molecule has 2 rings (SSSR count). The normalized spacial score (nSPS) is 20.8. The SMILES string of the molecule is CC(=O)NCCCC(O)(c1cc(C)ccc1F)C1CCCNC1. The Morgan fingerprint density at radius 1 is 1.52 bits per heavy atom. The second-order valence-electron chi connectivity index (χ2n) is 6.54. The van der Waals surface area contributed by atoms with Gasteiger partial charge in [0.25, 0.3) is 0 Å². The molecule has 0 radical (unpaired) electrons. The van der Waals surface area contributed by atoms with Crippen molar-refractivity contribution in [1.82, 2.24) is 10.6 Å². The molecular formula is C18H27FN2O2. The minimum atomic E-state index is -1.21. The first-order chi connectivity index (χ1) is 10.9. The number of nitrogens with one attached hydrogen (secondary N) is 2. The van der Waals surface area contributed by atoms with Gasteiger partial charge in [-0.3, -0.25) is 4.79 Å². The van der Waals surface area contributed by atoms with Gasteiger partial charge in [0, 0.05) is 31.5 Å². The zero-order valence-corrected chi connectivity index (χ0v) is 14.0. The standard InChI is InChI=1S/C18H27FN2O2/c1-13-6-7-17(19)16(11-13)18(23,8-4-10-21-14(2)22)15-5-3-9-20-12-15/h6-7,11,15,20,23H,3-5,8-10,12H2,1-2H3,(H,21,22). The summed E-state index contributed by atoms with van der Waals surface area (Å²) in [5, 5.41) is 17.4. The van der Waals surface area contributed by atoms with E-state index in [-0.39, 0.29) is 17.6 Å². The lowest BCUT2D eigenvalue weighted by molar-refractivity contribution is -0.119. The average Bonchev–Trinajstić information content (AvgIpc) is 2.54. The van der Waals surface area contributed by atoms with Crippen molar-refractivity contribution in [2.75, 3.05) is 19.6 Å². The maximum absolute atomic E-state index is 14.4. The third-order valence-electron chi connectivity index (χ3n) is 4.67. The molecule has 5 heteroatoms. The Morgan fingerprint density at radius 2 is 2.30 bits per heavy atom. The van der Waals surface area contributed by atoms with E-state index in [1.54, 1.807) is 12.1 Å². The van der Waals surface area contributed by atoms with Crippen LogP contribution in [0.2, 0.25) is 0 Å². The highest BCUT2D eigenvalue weighted by molar-refractivity contribution is 5.72. The fourth-order valence-electron chi connectivity index (χ4n) is 3.41. The lowest BCUT2D eigenvalue weighted by atomic mass is 9.74. The summed E-state index contributed by atoms with van der Waals surface area (Å²) in [5.41, 5.74) is 0.113. The third kappa shape index (κ3) is 4.52. The van der Waals surface area contributed by atoms with Gasteiger partial charge in [0.2, 0.25) is 5.91 Å². The molecule has 1 aliphatic rings. The molecule has 0 spiro atoms. The molecule has 0 aromatic heterocycles. The van der Waals surface area contributed by atoms with Crippen molar-refractivity contribution >= 4 is 5.91 Å². The number of carbonyl (C=O) groups excluding carboxylic acids is 1. The molecule has 128 valence electrons. The second-order valence-corrected chi connectivity index (χ2v) is 6.54. The molecule has 3 N–H and O–H groups in total. The first-order valence-electron chi connectivity index (χ1n) is 8.37. The predicted molar refractivity (Wildman–Crippen MR) is 88.5 cm³/mol. The van der Waals surface area contributed by atoms with Crippen LogP contribution in [-0.4, -0.2) is 30.6 Å². The zero-order valence-electron chi connectivity index (χ0n) is 14.0. The van der Waals surface area contributed by atoms with Gasteiger partial charge in [-0.15, -0.1) is 0 Å². The van der Waals surface area contributed by atoms with Crippen LogP contribution in [0.5, 0.6) is 0 Å². The van der Waals surface area contributed by atoms with Crippen LogP contribution in [0.3, 0.4) is 0 Å². The first-order valence-corrected chi connectivity index (χ1v) is 8.37. The van der Waals surface area contributed by atoms with Gasteiger partial charge in [0.1, 0.15) is 5.82 Å². The van der Waals surface area contributed by atoms with E-state index in [0.717, 1.165) is 24.9 Å². The van der Waals surface area contributed by atoms with Crippen LogP contribution in [-0.2, 0) is 10.4 Å². The smallest absolute Gasteiger partial charge is 0.216 e. The number of aliphatic hydroxyl groups is 1. The quantitative estimate of drug-likeness (QED) is 0.704. The number of carbonyl (C=O) groups is 1. The van der Waals surface area contributed by atoms with Crippen molar-refractivity contribution in [3.63, 3.8) is 0 Å². The van der Waals surface area contributed by atoms with Crippen molar-refractivity contribution in [2.45, 2.75) is 45.1 Å². The third-order valence-corrected chi connectivity index (χ3v) is 4.67. The number of halogens is 1. The molecular weight excluding hydrogens is 295 g/mol. The fraction of sp³-hybridized carbons (Fsp3) is 0.611. The number of amides is 1. The molecule has 1 heterocycles. The molecule has 2 atom stereocenters. The van der Waals surface area contributed by atoms with Crippen LogP contribution in [0, 0.1) is 18.7 Å². The summed E-state index contributed by atoms with van der Waals surface area (Å²) in [7, 11) is 0. The fourth-order valence-corrected chi connectivity index (χ4v) is 3.41. The molecule has 0 aliphatic carbocycles. The van der Waals surface area contributed by atoms with Crippen molar-refractivity contribution in [1.29, 1.82) is 0 Å². The van der Waals surface area contributed by atoms with Gasteiger partial charge in [0.05, 0.1) is 5.60 Å². The molecule has 23 heavy (non-hydrogen) atoms. The van der Waals surface area contributed by atoms with E-state index in [4.69, 9.17) is 0 Å². The van der Waals surface area contributed by atoms with Gasteiger partial charge in [-0.25, -0.2) is 4.39 Å². The molecule has 1 saturated heterocycles. The number of hydrogen-bond donors (Lipinski definition) is 3. The molecule has 2 unspecified atom stereocenters. The van der Waals surface area contributed by atoms with E-state index < -0.39 is 5.60 Å². The Hall–Kier alpha value is -1.46. The highest BCUT2D eigenvalue weighted by Crippen LogP contribution is 2.39. The molecule has 1 aromatic rings. The lowest BCUT2D eigenvalue weighted by Gasteiger charge is -2.39. The van der Waals surface area contributed by atoms with Crippen LogP contribution >= 0.6 is 0 Å². The van der Waals surface area contributed by atoms with Gasteiger partial charge in [-0.1, -0.05) is 17.7 Å². The Kier molecular flexibility index (Phi) is 6.13. The predicted octanol–water partition coefficient (Wildman–Crippen LogP) is 2.24. The molecule has 1 amide bonds. The number of rotatable bonds is 6. The maximum Gasteiger partial charge on any atom is 0.216 e. The number of hydrogen-bond acceptors (Lipinski definition) is 3. The molecule has 4 nitrogen and oxygen atoms in total. The summed E-state index contributed by atoms with van der Waals surface area (Å²) in [4.78, 5) is 11.0. The van der Waals surface area contributed by atoms with Crippen molar-refractivity contribution < 1.29 is 14.3 Å². The summed E-state index contributed by atoms with van der Waals surface area (Å²) >= 11 is 0. The summed E-state index contributed by atoms with van der Waals surface area (Å²) in [6.07, 6.45) is 2.89. The zero-order chi connectivity index (χ0) is 16.9. The lowest BCUT2D eigenvalue weighted by Crippen LogP contribution is -2.45. The van der Waals surface area contributed by atoms with Crippen LogP contribution in [0.15, 0.2) is 18.2 Å². The van der Waals surface area contributed by atoms with Gasteiger partial charge < -0.3 is 15.7 Å². The van der Waals surface area contributed by atoms with E-state index in [2.05, 4.69) is 10.6 Å². The molecule has 0 bridgehead atoms. The van der Waals surface area contributed by atoms with Gasteiger partial charge in [0.15, 0.2) is 0 Å². The van der Waals surface area contributed by atoms with Crippen LogP contribution < -0.4 is 10.6 Å². The Bertz CT molecular complexity index is 544. The average molecular weight is 322 g/mol. The largest absolute Gasteiger partial charge is 0.385 e. The van der Waals surface area contributed by atoms with Crippen LogP contribution in [0.1, 0.15) is 43.7 Å². The van der Waals surface area contributed by atoms with Crippen molar-refractivity contribution in [2.24, 2.45) is 5.92 Å². The highest BCUT2D eigenvalue weighted by atomic mass is 19.1. The van der Waals surface area contributed by atoms with E-state index >= 15 is 0 Å². The first kappa shape index (κ1) is 17.9. The van der Waals surface area contributed by atoms with E-state index in [9.17, 15) is 14.3 Å². The molecule has 0 saturated carbocycles. The molecule has 1 fully saturated rings. The highest BCUT2D eigenvalue weighted by Gasteiger charge is 2.40. The number of piperidine rings is 1. The molecule has 1 aromatic carbocycles. The monoisotopic (exact) mass is 322 g/mol. The van der Waals surface area contributed by atoms with Gasteiger partial charge in [-0.2, -0.15) is 0 Å². The van der Waals surface area contributed by atoms with E-state index in [1.807, 2.05) is 6.92 Å². The van der Waals surface area contributed by atoms with Gasteiger partial charge in [-0.05, 0) is 45.2 Å².